The number of nitrogens with zero attached hydrogens (tertiary/aromatic N) is 2. The number of para-hydroxylation sites is 1. The molecule has 2 aromatic rings. The van der Waals surface area contributed by atoms with E-state index < -0.39 is 53.3 Å². The van der Waals surface area contributed by atoms with Crippen LogP contribution in [0.4, 0.5) is 23.2 Å². The van der Waals surface area contributed by atoms with Gasteiger partial charge in [0.1, 0.15) is 12.1 Å². The largest absolute Gasteiger partial charge is 0.419 e. The first kappa shape index (κ1) is 19.5. The van der Waals surface area contributed by atoms with Gasteiger partial charge in [-0.1, -0.05) is 24.3 Å². The van der Waals surface area contributed by atoms with Gasteiger partial charge in [-0.15, -0.1) is 0 Å². The second kappa shape index (κ2) is 6.50. The highest BCUT2D eigenvalue weighted by molar-refractivity contribution is 6.24. The van der Waals surface area contributed by atoms with E-state index in [1.54, 1.807) is 30.3 Å². The standard InChI is InChI=1S/C22H14F4N2O3/c23-19-12(7-4-8-13(19)22(24,25)26)14-9-15-17-18(16(10-29)28(14)15)21(31)27(20(17)30)11-5-2-1-3-6-11/h1-10,15-18H/t15?,16?,17-,18?/m0/s1. The van der Waals surface area contributed by atoms with Gasteiger partial charge in [0, 0.05) is 11.3 Å². The number of carbonyl (C=O) groups is 3. The van der Waals surface area contributed by atoms with Crippen LogP contribution in [0.1, 0.15) is 11.1 Å². The quantitative estimate of drug-likeness (QED) is 0.426. The fraction of sp³-hybridized carbons (Fsp3) is 0.227. The van der Waals surface area contributed by atoms with Gasteiger partial charge < -0.3 is 9.69 Å². The summed E-state index contributed by atoms with van der Waals surface area (Å²) < 4.78 is 53.9. The van der Waals surface area contributed by atoms with Crippen LogP contribution in [0.25, 0.3) is 5.70 Å². The molecule has 0 aliphatic carbocycles. The lowest BCUT2D eigenvalue weighted by atomic mass is 9.88. The minimum atomic E-state index is -4.88. The molecule has 3 heterocycles. The summed E-state index contributed by atoms with van der Waals surface area (Å²) in [4.78, 5) is 40.4. The molecule has 9 heteroatoms. The summed E-state index contributed by atoms with van der Waals surface area (Å²) in [6.07, 6.45) is -2.92. The van der Waals surface area contributed by atoms with Crippen molar-refractivity contribution in [1.29, 1.82) is 0 Å². The van der Waals surface area contributed by atoms with E-state index in [0.717, 1.165) is 11.0 Å². The first-order valence-corrected chi connectivity index (χ1v) is 9.50. The van der Waals surface area contributed by atoms with E-state index >= 15 is 0 Å². The van der Waals surface area contributed by atoms with Crippen molar-refractivity contribution in [3.8, 4) is 0 Å². The maximum Gasteiger partial charge on any atom is 0.419 e. The van der Waals surface area contributed by atoms with Crippen molar-refractivity contribution in [2.75, 3.05) is 4.90 Å². The molecule has 3 unspecified atom stereocenters. The summed E-state index contributed by atoms with van der Waals surface area (Å²) in [6.45, 7) is 0. The van der Waals surface area contributed by atoms with Crippen molar-refractivity contribution in [1.82, 2.24) is 4.90 Å². The average Bonchev–Trinajstić information content (AvgIpc) is 3.11. The van der Waals surface area contributed by atoms with Crippen LogP contribution in [0.3, 0.4) is 0 Å². The zero-order valence-corrected chi connectivity index (χ0v) is 15.7. The molecule has 5 nitrogen and oxygen atoms in total. The second-order valence-electron chi connectivity index (χ2n) is 7.64. The molecular formula is C22H14F4N2O3. The van der Waals surface area contributed by atoms with Crippen molar-refractivity contribution >= 4 is 29.5 Å². The Labute approximate surface area is 173 Å². The van der Waals surface area contributed by atoms with E-state index in [1.807, 2.05) is 0 Å². The summed E-state index contributed by atoms with van der Waals surface area (Å²) in [5.41, 5.74) is -1.28. The second-order valence-corrected chi connectivity index (χ2v) is 7.64. The third-order valence-electron chi connectivity index (χ3n) is 6.12. The number of amides is 2. The van der Waals surface area contributed by atoms with Crippen molar-refractivity contribution in [2.45, 2.75) is 18.3 Å². The molecule has 0 N–H and O–H groups in total. The van der Waals surface area contributed by atoms with Gasteiger partial charge in [-0.05, 0) is 30.3 Å². The average molecular weight is 430 g/mol. The maximum atomic E-state index is 14.6. The number of anilines is 1. The highest BCUT2D eigenvalue weighted by atomic mass is 19.4. The molecule has 3 aliphatic heterocycles. The van der Waals surface area contributed by atoms with Gasteiger partial charge in [0.25, 0.3) is 0 Å². The van der Waals surface area contributed by atoms with Gasteiger partial charge in [-0.2, -0.15) is 13.2 Å². The smallest absolute Gasteiger partial charge is 0.353 e. The van der Waals surface area contributed by atoms with E-state index in [1.165, 1.54) is 17.0 Å². The van der Waals surface area contributed by atoms with Gasteiger partial charge in [0.2, 0.25) is 11.8 Å². The fourth-order valence-corrected chi connectivity index (χ4v) is 4.81. The van der Waals surface area contributed by atoms with Crippen LogP contribution in [0.5, 0.6) is 0 Å². The minimum absolute atomic E-state index is 0.0759. The Morgan fingerprint density at radius 1 is 0.903 bits per heavy atom. The van der Waals surface area contributed by atoms with Crippen molar-refractivity contribution < 1.29 is 31.9 Å². The third kappa shape index (κ3) is 2.58. The molecule has 3 aliphatic rings. The van der Waals surface area contributed by atoms with E-state index in [0.29, 0.717) is 18.0 Å². The van der Waals surface area contributed by atoms with Gasteiger partial charge in [0.05, 0.1) is 35.2 Å². The molecule has 0 aromatic heterocycles. The first-order valence-electron chi connectivity index (χ1n) is 9.50. The topological polar surface area (TPSA) is 57.7 Å². The number of aldehydes is 1. The van der Waals surface area contributed by atoms with Crippen LogP contribution in [-0.4, -0.2) is 35.1 Å². The molecule has 31 heavy (non-hydrogen) atoms. The van der Waals surface area contributed by atoms with Gasteiger partial charge in [0.15, 0.2) is 0 Å². The van der Waals surface area contributed by atoms with E-state index in [4.69, 9.17) is 0 Å². The zero-order chi connectivity index (χ0) is 22.1. The van der Waals surface area contributed by atoms with Crippen LogP contribution in [0, 0.1) is 17.7 Å². The lowest BCUT2D eigenvalue weighted by molar-refractivity contribution is -0.140. The number of alkyl halides is 3. The molecule has 2 fully saturated rings. The lowest BCUT2D eigenvalue weighted by Crippen LogP contribution is -2.48. The van der Waals surface area contributed by atoms with Gasteiger partial charge >= 0.3 is 6.18 Å². The highest BCUT2D eigenvalue weighted by Crippen LogP contribution is 2.52. The monoisotopic (exact) mass is 430 g/mol. The number of imide groups is 1. The van der Waals surface area contributed by atoms with Crippen LogP contribution in [0.15, 0.2) is 54.6 Å². The Morgan fingerprint density at radius 2 is 1.58 bits per heavy atom. The SMILES string of the molecule is O=CC1C2C(=O)N(c3ccccc3)C(=O)[C@H]2C2C=C(c3cccc(C(F)(F)F)c3F)N12. The van der Waals surface area contributed by atoms with Crippen molar-refractivity contribution in [2.24, 2.45) is 11.8 Å². The first-order chi connectivity index (χ1) is 14.8. The molecule has 5 rings (SSSR count). The normalized spacial score (nSPS) is 27.0. The molecule has 158 valence electrons. The van der Waals surface area contributed by atoms with Gasteiger partial charge in [-0.25, -0.2) is 9.29 Å². The number of hydrogen-bond acceptors (Lipinski definition) is 4. The highest BCUT2D eigenvalue weighted by Gasteiger charge is 2.65. The van der Waals surface area contributed by atoms with Crippen molar-refractivity contribution in [3.05, 3.63) is 71.6 Å². The summed E-state index contributed by atoms with van der Waals surface area (Å²) in [5.74, 6) is -4.34. The van der Waals surface area contributed by atoms with Crippen LogP contribution in [-0.2, 0) is 20.6 Å². The Hall–Kier alpha value is -3.49. The van der Waals surface area contributed by atoms with Crippen molar-refractivity contribution in [3.63, 3.8) is 0 Å². The summed E-state index contributed by atoms with van der Waals surface area (Å²) in [7, 11) is 0. The number of benzene rings is 2. The van der Waals surface area contributed by atoms with Crippen LogP contribution < -0.4 is 4.90 Å². The van der Waals surface area contributed by atoms with Gasteiger partial charge in [-0.3, -0.25) is 9.59 Å². The summed E-state index contributed by atoms with van der Waals surface area (Å²) >= 11 is 0. The number of rotatable bonds is 3. The zero-order valence-electron chi connectivity index (χ0n) is 15.7. The molecule has 0 spiro atoms. The predicted octanol–water partition coefficient (Wildman–Crippen LogP) is 3.26. The number of halogens is 4. The van der Waals surface area contributed by atoms with Crippen LogP contribution in [0.2, 0.25) is 0 Å². The Balaban J connectivity index is 1.54. The molecule has 2 aromatic carbocycles. The van der Waals surface area contributed by atoms with E-state index in [-0.39, 0.29) is 11.3 Å². The van der Waals surface area contributed by atoms with E-state index in [9.17, 15) is 31.9 Å². The molecule has 2 amide bonds. The maximum absolute atomic E-state index is 14.6. The number of hydrogen-bond donors (Lipinski definition) is 0. The molecule has 0 saturated carbocycles. The van der Waals surface area contributed by atoms with Crippen LogP contribution >= 0.6 is 0 Å². The number of fused-ring (bicyclic) bond motifs is 3. The summed E-state index contributed by atoms with van der Waals surface area (Å²) in [6, 6.07) is 9.43. The molecule has 2 saturated heterocycles. The summed E-state index contributed by atoms with van der Waals surface area (Å²) in [5, 5.41) is 0. The fourth-order valence-electron chi connectivity index (χ4n) is 4.81. The Bertz CT molecular complexity index is 1150. The minimum Gasteiger partial charge on any atom is -0.353 e. The molecule has 0 radical (unpaired) electrons. The Morgan fingerprint density at radius 3 is 2.23 bits per heavy atom. The molecule has 4 atom stereocenters. The molecule has 0 bridgehead atoms. The Kier molecular flexibility index (Phi) is 4.08. The predicted molar refractivity (Wildman–Crippen MR) is 101 cm³/mol. The van der Waals surface area contributed by atoms with E-state index in [2.05, 4.69) is 0 Å². The third-order valence-corrected chi connectivity index (χ3v) is 6.12. The number of carbonyl (C=O) groups excluding carboxylic acids is 3. The molecular weight excluding hydrogens is 416 g/mol. The lowest BCUT2D eigenvalue weighted by Gasteiger charge is -2.41.